The zero-order valence-electron chi connectivity index (χ0n) is 10.7. The summed E-state index contributed by atoms with van der Waals surface area (Å²) in [5.41, 5.74) is 6.30. The number of carbonyl (C=O) groups is 1. The van der Waals surface area contributed by atoms with Gasteiger partial charge in [-0.15, -0.1) is 0 Å². The zero-order chi connectivity index (χ0) is 13.0. The molecule has 1 fully saturated rings. The third kappa shape index (κ3) is 2.70. The van der Waals surface area contributed by atoms with E-state index in [-0.39, 0.29) is 11.9 Å². The molecule has 0 saturated heterocycles. The highest BCUT2D eigenvalue weighted by Gasteiger charge is 2.32. The molecule has 1 amide bonds. The molecule has 2 rings (SSSR count). The standard InChI is InChI=1S/C12H20N4OS/c1-2-16(12(17)10-8-14-18-15-10)11-6-4-3-5-9(11)7-13/h8-9,11H,2-7,13H2,1H3. The second-order valence-electron chi connectivity index (χ2n) is 4.73. The molecule has 2 unspecified atom stereocenters. The van der Waals surface area contributed by atoms with E-state index in [0.717, 1.165) is 24.6 Å². The van der Waals surface area contributed by atoms with Gasteiger partial charge in [-0.1, -0.05) is 12.8 Å². The van der Waals surface area contributed by atoms with E-state index in [2.05, 4.69) is 8.75 Å². The first-order chi connectivity index (χ1) is 8.77. The van der Waals surface area contributed by atoms with E-state index in [0.29, 0.717) is 24.7 Å². The molecule has 0 bridgehead atoms. The van der Waals surface area contributed by atoms with Crippen molar-refractivity contribution in [3.05, 3.63) is 11.9 Å². The highest BCUT2D eigenvalue weighted by molar-refractivity contribution is 6.99. The average Bonchev–Trinajstić information content (AvgIpc) is 2.94. The first-order valence-corrected chi connectivity index (χ1v) is 7.29. The molecule has 0 aromatic carbocycles. The first-order valence-electron chi connectivity index (χ1n) is 6.56. The molecule has 6 heteroatoms. The van der Waals surface area contributed by atoms with Gasteiger partial charge < -0.3 is 10.6 Å². The van der Waals surface area contributed by atoms with Crippen LogP contribution in [-0.4, -0.2) is 38.7 Å². The Bertz CT molecular complexity index is 381. The van der Waals surface area contributed by atoms with Crippen LogP contribution in [0.15, 0.2) is 6.20 Å². The van der Waals surface area contributed by atoms with Crippen molar-refractivity contribution >= 4 is 17.6 Å². The van der Waals surface area contributed by atoms with Crippen molar-refractivity contribution in [2.45, 2.75) is 38.6 Å². The maximum Gasteiger partial charge on any atom is 0.275 e. The van der Waals surface area contributed by atoms with E-state index in [4.69, 9.17) is 5.73 Å². The number of carbonyl (C=O) groups excluding carboxylic acids is 1. The van der Waals surface area contributed by atoms with Crippen LogP contribution in [0.2, 0.25) is 0 Å². The largest absolute Gasteiger partial charge is 0.334 e. The number of hydrogen-bond acceptors (Lipinski definition) is 5. The quantitative estimate of drug-likeness (QED) is 0.898. The summed E-state index contributed by atoms with van der Waals surface area (Å²) in [6.45, 7) is 3.38. The maximum absolute atomic E-state index is 12.4. The molecule has 1 aromatic rings. The van der Waals surface area contributed by atoms with Gasteiger partial charge in [-0.05, 0) is 32.2 Å². The van der Waals surface area contributed by atoms with Crippen molar-refractivity contribution in [3.8, 4) is 0 Å². The van der Waals surface area contributed by atoms with Crippen LogP contribution in [0.3, 0.4) is 0 Å². The average molecular weight is 268 g/mol. The van der Waals surface area contributed by atoms with Gasteiger partial charge in [0.15, 0.2) is 5.69 Å². The fourth-order valence-electron chi connectivity index (χ4n) is 2.81. The van der Waals surface area contributed by atoms with Gasteiger partial charge in [-0.3, -0.25) is 4.79 Å². The Hall–Kier alpha value is -1.01. The highest BCUT2D eigenvalue weighted by atomic mass is 32.1. The number of rotatable bonds is 4. The fourth-order valence-corrected chi connectivity index (χ4v) is 3.22. The summed E-state index contributed by atoms with van der Waals surface area (Å²) < 4.78 is 7.94. The number of hydrogen-bond donors (Lipinski definition) is 1. The molecule has 1 aliphatic carbocycles. The summed E-state index contributed by atoms with van der Waals surface area (Å²) in [5, 5.41) is 0. The van der Waals surface area contributed by atoms with Crippen LogP contribution in [0.25, 0.3) is 0 Å². The van der Waals surface area contributed by atoms with E-state index in [1.807, 2.05) is 11.8 Å². The molecule has 1 aromatic heterocycles. The Kier molecular flexibility index (Phi) is 4.66. The minimum atomic E-state index is -0.00315. The summed E-state index contributed by atoms with van der Waals surface area (Å²) in [7, 11) is 0. The summed E-state index contributed by atoms with van der Waals surface area (Å²) in [5.74, 6) is 0.422. The highest BCUT2D eigenvalue weighted by Crippen LogP contribution is 2.28. The van der Waals surface area contributed by atoms with Crippen molar-refractivity contribution in [2.75, 3.05) is 13.1 Å². The van der Waals surface area contributed by atoms with Gasteiger partial charge in [0.05, 0.1) is 17.9 Å². The molecule has 0 spiro atoms. The van der Waals surface area contributed by atoms with Crippen LogP contribution in [-0.2, 0) is 0 Å². The molecule has 100 valence electrons. The van der Waals surface area contributed by atoms with E-state index >= 15 is 0 Å². The Labute approximate surface area is 112 Å². The smallest absolute Gasteiger partial charge is 0.275 e. The molecular weight excluding hydrogens is 248 g/mol. The molecule has 1 aliphatic rings. The lowest BCUT2D eigenvalue weighted by atomic mass is 9.83. The van der Waals surface area contributed by atoms with E-state index < -0.39 is 0 Å². The molecule has 5 nitrogen and oxygen atoms in total. The zero-order valence-corrected chi connectivity index (χ0v) is 11.5. The lowest BCUT2D eigenvalue weighted by Gasteiger charge is -2.38. The van der Waals surface area contributed by atoms with Crippen LogP contribution in [0.4, 0.5) is 0 Å². The minimum absolute atomic E-state index is 0.00315. The van der Waals surface area contributed by atoms with Gasteiger partial charge in [0.25, 0.3) is 5.91 Å². The van der Waals surface area contributed by atoms with Crippen molar-refractivity contribution in [2.24, 2.45) is 11.7 Å². The van der Waals surface area contributed by atoms with E-state index in [1.54, 1.807) is 6.20 Å². The van der Waals surface area contributed by atoms with Crippen LogP contribution in [0.5, 0.6) is 0 Å². The minimum Gasteiger partial charge on any atom is -0.334 e. The first kappa shape index (κ1) is 13.4. The van der Waals surface area contributed by atoms with Crippen molar-refractivity contribution < 1.29 is 4.79 Å². The van der Waals surface area contributed by atoms with Crippen LogP contribution < -0.4 is 5.73 Å². The van der Waals surface area contributed by atoms with Gasteiger partial charge in [0, 0.05) is 12.6 Å². The summed E-state index contributed by atoms with van der Waals surface area (Å²) in [6, 6.07) is 0.267. The molecule has 1 heterocycles. The second kappa shape index (κ2) is 6.24. The van der Waals surface area contributed by atoms with Gasteiger partial charge >= 0.3 is 0 Å². The number of nitrogens with zero attached hydrogens (tertiary/aromatic N) is 3. The lowest BCUT2D eigenvalue weighted by Crippen LogP contribution is -2.48. The molecular formula is C12H20N4OS. The molecule has 1 saturated carbocycles. The van der Waals surface area contributed by atoms with E-state index in [1.165, 1.54) is 12.8 Å². The summed E-state index contributed by atoms with van der Waals surface area (Å²) in [4.78, 5) is 14.3. The van der Waals surface area contributed by atoms with Crippen molar-refractivity contribution in [1.29, 1.82) is 0 Å². The fraction of sp³-hybridized carbons (Fsp3) is 0.750. The van der Waals surface area contributed by atoms with Crippen molar-refractivity contribution in [3.63, 3.8) is 0 Å². The molecule has 2 N–H and O–H groups in total. The Morgan fingerprint density at radius 2 is 2.33 bits per heavy atom. The Morgan fingerprint density at radius 1 is 1.56 bits per heavy atom. The van der Waals surface area contributed by atoms with Crippen LogP contribution >= 0.6 is 11.7 Å². The third-order valence-corrected chi connectivity index (χ3v) is 4.23. The topological polar surface area (TPSA) is 72.1 Å². The van der Waals surface area contributed by atoms with Gasteiger partial charge in [-0.25, -0.2) is 0 Å². The Morgan fingerprint density at radius 3 is 2.94 bits per heavy atom. The lowest BCUT2D eigenvalue weighted by molar-refractivity contribution is 0.0555. The summed E-state index contributed by atoms with van der Waals surface area (Å²) in [6.07, 6.45) is 6.14. The Balaban J connectivity index is 2.14. The van der Waals surface area contributed by atoms with Gasteiger partial charge in [0.1, 0.15) is 0 Å². The predicted molar refractivity (Wildman–Crippen MR) is 71.4 cm³/mol. The predicted octanol–water partition coefficient (Wildman–Crippen LogP) is 1.52. The van der Waals surface area contributed by atoms with E-state index in [9.17, 15) is 4.79 Å². The van der Waals surface area contributed by atoms with Gasteiger partial charge in [-0.2, -0.15) is 8.75 Å². The SMILES string of the molecule is CCN(C(=O)c1cnsn1)C1CCCCC1CN. The number of amides is 1. The molecule has 0 aliphatic heterocycles. The molecule has 2 atom stereocenters. The third-order valence-electron chi connectivity index (χ3n) is 3.75. The maximum atomic E-state index is 12.4. The normalized spacial score (nSPS) is 23.9. The molecule has 0 radical (unpaired) electrons. The summed E-state index contributed by atoms with van der Waals surface area (Å²) >= 11 is 1.08. The monoisotopic (exact) mass is 268 g/mol. The van der Waals surface area contributed by atoms with Crippen molar-refractivity contribution in [1.82, 2.24) is 13.6 Å². The van der Waals surface area contributed by atoms with Crippen LogP contribution in [0, 0.1) is 5.92 Å². The number of aromatic nitrogens is 2. The number of nitrogens with two attached hydrogens (primary N) is 1. The second-order valence-corrected chi connectivity index (χ2v) is 5.29. The van der Waals surface area contributed by atoms with Gasteiger partial charge in [0.2, 0.25) is 0 Å². The van der Waals surface area contributed by atoms with Crippen LogP contribution in [0.1, 0.15) is 43.1 Å². The molecule has 18 heavy (non-hydrogen) atoms.